The predicted octanol–water partition coefficient (Wildman–Crippen LogP) is 3.46. The molecule has 0 saturated heterocycles. The summed E-state index contributed by atoms with van der Waals surface area (Å²) in [6, 6.07) is 11.3. The molecule has 0 bridgehead atoms. The summed E-state index contributed by atoms with van der Waals surface area (Å²) in [5.41, 5.74) is 1.89. The van der Waals surface area contributed by atoms with Gasteiger partial charge in [-0.15, -0.1) is 0 Å². The van der Waals surface area contributed by atoms with E-state index in [2.05, 4.69) is 4.98 Å². The van der Waals surface area contributed by atoms with Crippen LogP contribution in [0.3, 0.4) is 0 Å². The first-order valence-electron chi connectivity index (χ1n) is 5.59. The fourth-order valence-electron chi connectivity index (χ4n) is 1.56. The zero-order chi connectivity index (χ0) is 12.8. The number of aromatic nitrogens is 1. The van der Waals surface area contributed by atoms with Crippen LogP contribution < -0.4 is 4.74 Å². The fourth-order valence-corrected chi connectivity index (χ4v) is 1.75. The van der Waals surface area contributed by atoms with E-state index < -0.39 is 0 Å². The van der Waals surface area contributed by atoms with Crippen LogP contribution in [0.5, 0.6) is 5.75 Å². The molecule has 0 N–H and O–H groups in total. The minimum atomic E-state index is 0.442. The van der Waals surface area contributed by atoms with Crippen LogP contribution in [-0.2, 0) is 18.0 Å². The van der Waals surface area contributed by atoms with Crippen LogP contribution in [0.25, 0.3) is 0 Å². The molecule has 0 fully saturated rings. The summed E-state index contributed by atoms with van der Waals surface area (Å²) in [4.78, 5) is 4.17. The Balaban J connectivity index is 1.88. The Hall–Kier alpha value is -1.58. The van der Waals surface area contributed by atoms with Crippen LogP contribution >= 0.6 is 11.6 Å². The maximum Gasteiger partial charge on any atom is 0.119 e. The van der Waals surface area contributed by atoms with Crippen molar-refractivity contribution in [2.24, 2.45) is 0 Å². The summed E-state index contributed by atoms with van der Waals surface area (Å²) in [5.74, 6) is 0.831. The molecule has 2 rings (SSSR count). The second kappa shape index (κ2) is 6.38. The molecule has 18 heavy (non-hydrogen) atoms. The Kier molecular flexibility index (Phi) is 4.56. The van der Waals surface area contributed by atoms with Crippen LogP contribution in [0.2, 0.25) is 5.02 Å². The van der Waals surface area contributed by atoms with Crippen molar-refractivity contribution in [1.82, 2.24) is 4.98 Å². The summed E-state index contributed by atoms with van der Waals surface area (Å²) >= 11 is 5.87. The van der Waals surface area contributed by atoms with Crippen LogP contribution in [0.15, 0.2) is 42.6 Å². The highest BCUT2D eigenvalue weighted by molar-refractivity contribution is 6.30. The van der Waals surface area contributed by atoms with Crippen molar-refractivity contribution in [3.63, 3.8) is 0 Å². The number of halogens is 1. The first-order valence-corrected chi connectivity index (χ1v) is 5.97. The van der Waals surface area contributed by atoms with Crippen LogP contribution in [0, 0.1) is 0 Å². The molecule has 0 unspecified atom stereocenters. The number of rotatable bonds is 5. The smallest absolute Gasteiger partial charge is 0.119 e. The number of ether oxygens (including phenoxy) is 2. The lowest BCUT2D eigenvalue weighted by Gasteiger charge is -2.06. The van der Waals surface area contributed by atoms with Crippen molar-refractivity contribution in [2.75, 3.05) is 7.11 Å². The number of methoxy groups -OCH3 is 1. The van der Waals surface area contributed by atoms with E-state index >= 15 is 0 Å². The summed E-state index contributed by atoms with van der Waals surface area (Å²) in [5, 5.41) is 0.671. The summed E-state index contributed by atoms with van der Waals surface area (Å²) < 4.78 is 10.7. The van der Waals surface area contributed by atoms with Gasteiger partial charge in [-0.2, -0.15) is 0 Å². The molecule has 1 aromatic heterocycles. The maximum absolute atomic E-state index is 5.87. The minimum absolute atomic E-state index is 0.442. The number of benzene rings is 1. The molecule has 0 aliphatic heterocycles. The third-order valence-corrected chi connectivity index (χ3v) is 2.67. The predicted molar refractivity (Wildman–Crippen MR) is 70.7 cm³/mol. The Labute approximate surface area is 111 Å². The van der Waals surface area contributed by atoms with Crippen LogP contribution in [0.1, 0.15) is 11.3 Å². The molecule has 0 atom stereocenters. The Morgan fingerprint density at radius 1 is 1.17 bits per heavy atom. The van der Waals surface area contributed by atoms with E-state index in [9.17, 15) is 0 Å². The molecule has 0 saturated carbocycles. The number of nitrogens with zero attached hydrogens (tertiary/aromatic N) is 1. The van der Waals surface area contributed by atoms with Crippen LogP contribution in [-0.4, -0.2) is 12.1 Å². The largest absolute Gasteiger partial charge is 0.497 e. The Morgan fingerprint density at radius 3 is 2.83 bits per heavy atom. The highest BCUT2D eigenvalue weighted by Crippen LogP contribution is 2.14. The van der Waals surface area contributed by atoms with Gasteiger partial charge < -0.3 is 9.47 Å². The SMILES string of the molecule is COc1cccc(COCc2cc(Cl)ccn2)c1. The molecular formula is C14H14ClNO2. The lowest BCUT2D eigenvalue weighted by molar-refractivity contribution is 0.104. The van der Waals surface area contributed by atoms with Gasteiger partial charge in [0.05, 0.1) is 26.0 Å². The lowest BCUT2D eigenvalue weighted by atomic mass is 10.2. The average molecular weight is 264 g/mol. The van der Waals surface area contributed by atoms with E-state index in [0.717, 1.165) is 17.0 Å². The zero-order valence-electron chi connectivity index (χ0n) is 10.1. The first-order chi connectivity index (χ1) is 8.78. The van der Waals surface area contributed by atoms with E-state index in [-0.39, 0.29) is 0 Å². The van der Waals surface area contributed by atoms with Gasteiger partial charge in [0, 0.05) is 11.2 Å². The van der Waals surface area contributed by atoms with Gasteiger partial charge in [0.2, 0.25) is 0 Å². The fraction of sp³-hybridized carbons (Fsp3) is 0.214. The molecule has 4 heteroatoms. The summed E-state index contributed by atoms with van der Waals surface area (Å²) in [7, 11) is 1.65. The summed E-state index contributed by atoms with van der Waals surface area (Å²) in [6.07, 6.45) is 1.67. The molecule has 0 aliphatic carbocycles. The van der Waals surface area contributed by atoms with Crippen molar-refractivity contribution in [3.8, 4) is 5.75 Å². The topological polar surface area (TPSA) is 31.4 Å². The highest BCUT2D eigenvalue weighted by atomic mass is 35.5. The molecule has 0 amide bonds. The third-order valence-electron chi connectivity index (χ3n) is 2.43. The van der Waals surface area contributed by atoms with Crippen molar-refractivity contribution in [2.45, 2.75) is 13.2 Å². The van der Waals surface area contributed by atoms with Gasteiger partial charge in [0.1, 0.15) is 5.75 Å². The van der Waals surface area contributed by atoms with Gasteiger partial charge in [-0.05, 0) is 29.8 Å². The quantitative estimate of drug-likeness (QED) is 0.828. The van der Waals surface area contributed by atoms with Crippen LogP contribution in [0.4, 0.5) is 0 Å². The van der Waals surface area contributed by atoms with E-state index in [1.807, 2.05) is 24.3 Å². The Bertz CT molecular complexity index is 517. The standard InChI is InChI=1S/C14H14ClNO2/c1-17-14-4-2-3-11(7-14)9-18-10-13-8-12(15)5-6-16-13/h2-8H,9-10H2,1H3. The highest BCUT2D eigenvalue weighted by Gasteiger charge is 1.99. The zero-order valence-corrected chi connectivity index (χ0v) is 10.9. The van der Waals surface area contributed by atoms with Gasteiger partial charge in [-0.1, -0.05) is 23.7 Å². The molecule has 0 radical (unpaired) electrons. The molecule has 0 aliphatic rings. The van der Waals surface area contributed by atoms with E-state index in [0.29, 0.717) is 18.2 Å². The van der Waals surface area contributed by atoms with Gasteiger partial charge >= 0.3 is 0 Å². The normalized spacial score (nSPS) is 10.3. The van der Waals surface area contributed by atoms with Crippen molar-refractivity contribution < 1.29 is 9.47 Å². The van der Waals surface area contributed by atoms with Gasteiger partial charge in [0.25, 0.3) is 0 Å². The Morgan fingerprint density at radius 2 is 2.06 bits per heavy atom. The molecule has 0 spiro atoms. The second-order valence-electron chi connectivity index (χ2n) is 3.81. The summed E-state index contributed by atoms with van der Waals surface area (Å²) in [6.45, 7) is 0.961. The van der Waals surface area contributed by atoms with E-state index in [1.165, 1.54) is 0 Å². The molecule has 2 aromatic rings. The van der Waals surface area contributed by atoms with Crippen molar-refractivity contribution in [1.29, 1.82) is 0 Å². The number of hydrogen-bond donors (Lipinski definition) is 0. The second-order valence-corrected chi connectivity index (χ2v) is 4.25. The molecule has 3 nitrogen and oxygen atoms in total. The number of pyridine rings is 1. The van der Waals surface area contributed by atoms with E-state index in [4.69, 9.17) is 21.1 Å². The minimum Gasteiger partial charge on any atom is -0.497 e. The molecule has 94 valence electrons. The maximum atomic E-state index is 5.87. The molecular weight excluding hydrogens is 250 g/mol. The van der Waals surface area contributed by atoms with Gasteiger partial charge in [-0.25, -0.2) is 0 Å². The van der Waals surface area contributed by atoms with Gasteiger partial charge in [0.15, 0.2) is 0 Å². The molecule has 1 aromatic carbocycles. The average Bonchev–Trinajstić information content (AvgIpc) is 2.39. The molecule has 1 heterocycles. The first kappa shape index (κ1) is 12.9. The van der Waals surface area contributed by atoms with Crippen molar-refractivity contribution >= 4 is 11.6 Å². The van der Waals surface area contributed by atoms with Crippen molar-refractivity contribution in [3.05, 3.63) is 58.9 Å². The monoisotopic (exact) mass is 263 g/mol. The van der Waals surface area contributed by atoms with Gasteiger partial charge in [-0.3, -0.25) is 4.98 Å². The lowest BCUT2D eigenvalue weighted by Crippen LogP contribution is -1.96. The number of hydrogen-bond acceptors (Lipinski definition) is 3. The third kappa shape index (κ3) is 3.72. The van der Waals surface area contributed by atoms with E-state index in [1.54, 1.807) is 25.4 Å².